The number of H-pyrrole nitrogens is 1. The van der Waals surface area contributed by atoms with Crippen molar-refractivity contribution >= 4 is 17.5 Å². The van der Waals surface area contributed by atoms with Gasteiger partial charge in [-0.15, -0.1) is 0 Å². The third-order valence-corrected chi connectivity index (χ3v) is 2.89. The van der Waals surface area contributed by atoms with E-state index in [9.17, 15) is 9.90 Å². The highest BCUT2D eigenvalue weighted by atomic mass is 35.5. The zero-order valence-electron chi connectivity index (χ0n) is 9.43. The fourth-order valence-electron chi connectivity index (χ4n) is 1.71. The standard InChI is InChI=1S/C12H12ClN3O2/c13-8-3-1-7(2-4-8)5-9(12(14)18)10-6-11(17)16-15-10/h1-4,6,9H,5H2,(H2,14,18)(H2,15,16,17). The Morgan fingerprint density at radius 3 is 2.61 bits per heavy atom. The van der Waals surface area contributed by atoms with Gasteiger partial charge in [-0.3, -0.25) is 4.79 Å². The number of carbonyl (C=O) groups excluding carboxylic acids is 1. The van der Waals surface area contributed by atoms with Crippen molar-refractivity contribution in [3.05, 3.63) is 46.6 Å². The van der Waals surface area contributed by atoms with Crippen LogP contribution in [-0.2, 0) is 11.2 Å². The van der Waals surface area contributed by atoms with E-state index in [0.717, 1.165) is 5.56 Å². The molecule has 0 aliphatic carbocycles. The monoisotopic (exact) mass is 265 g/mol. The van der Waals surface area contributed by atoms with Gasteiger partial charge < -0.3 is 10.8 Å². The van der Waals surface area contributed by atoms with Crippen LogP contribution in [0.25, 0.3) is 0 Å². The molecule has 5 nitrogen and oxygen atoms in total. The van der Waals surface area contributed by atoms with E-state index in [4.69, 9.17) is 17.3 Å². The summed E-state index contributed by atoms with van der Waals surface area (Å²) in [5, 5.41) is 16.1. The van der Waals surface area contributed by atoms with E-state index in [-0.39, 0.29) is 5.88 Å². The first-order chi connectivity index (χ1) is 8.56. The van der Waals surface area contributed by atoms with Crippen LogP contribution in [0.1, 0.15) is 17.2 Å². The van der Waals surface area contributed by atoms with Gasteiger partial charge in [-0.05, 0) is 24.1 Å². The fourth-order valence-corrected chi connectivity index (χ4v) is 1.84. The number of amides is 1. The summed E-state index contributed by atoms with van der Waals surface area (Å²) in [6.07, 6.45) is 0.413. The summed E-state index contributed by atoms with van der Waals surface area (Å²) in [5.74, 6) is -1.16. The molecule has 0 saturated heterocycles. The highest BCUT2D eigenvalue weighted by molar-refractivity contribution is 6.30. The third kappa shape index (κ3) is 2.81. The molecule has 0 saturated carbocycles. The van der Waals surface area contributed by atoms with Crippen LogP contribution in [0.15, 0.2) is 30.3 Å². The molecule has 1 unspecified atom stereocenters. The van der Waals surface area contributed by atoms with E-state index in [1.54, 1.807) is 12.1 Å². The van der Waals surface area contributed by atoms with E-state index in [2.05, 4.69) is 10.2 Å². The van der Waals surface area contributed by atoms with Gasteiger partial charge in [0.15, 0.2) is 0 Å². The van der Waals surface area contributed by atoms with Gasteiger partial charge in [0, 0.05) is 11.1 Å². The first kappa shape index (κ1) is 12.4. The van der Waals surface area contributed by atoms with Crippen LogP contribution in [0.2, 0.25) is 5.02 Å². The molecule has 4 N–H and O–H groups in total. The Kier molecular flexibility index (Phi) is 3.53. The van der Waals surface area contributed by atoms with Gasteiger partial charge in [0.2, 0.25) is 11.8 Å². The van der Waals surface area contributed by atoms with Crippen molar-refractivity contribution < 1.29 is 9.90 Å². The van der Waals surface area contributed by atoms with Crippen LogP contribution in [-0.4, -0.2) is 21.2 Å². The molecule has 0 aliphatic rings. The lowest BCUT2D eigenvalue weighted by molar-refractivity contribution is -0.119. The molecule has 0 radical (unpaired) electrons. The maximum Gasteiger partial charge on any atom is 0.226 e. The largest absolute Gasteiger partial charge is 0.494 e. The third-order valence-electron chi connectivity index (χ3n) is 2.64. The number of aromatic amines is 1. The Labute approximate surface area is 109 Å². The molecule has 1 atom stereocenters. The molecule has 1 amide bonds. The summed E-state index contributed by atoms with van der Waals surface area (Å²) in [6.45, 7) is 0. The second kappa shape index (κ2) is 5.10. The summed E-state index contributed by atoms with van der Waals surface area (Å²) >= 11 is 5.79. The Hall–Kier alpha value is -2.01. The number of nitrogens with two attached hydrogens (primary N) is 1. The number of halogens is 1. The van der Waals surface area contributed by atoms with Gasteiger partial charge in [-0.1, -0.05) is 23.7 Å². The van der Waals surface area contributed by atoms with Crippen molar-refractivity contribution in [1.82, 2.24) is 10.2 Å². The molecule has 1 aromatic carbocycles. The Morgan fingerprint density at radius 1 is 1.44 bits per heavy atom. The number of hydrogen-bond acceptors (Lipinski definition) is 3. The van der Waals surface area contributed by atoms with Gasteiger partial charge in [0.1, 0.15) is 0 Å². The minimum absolute atomic E-state index is 0.0904. The zero-order valence-corrected chi connectivity index (χ0v) is 10.2. The van der Waals surface area contributed by atoms with Crippen LogP contribution in [0.4, 0.5) is 0 Å². The summed E-state index contributed by atoms with van der Waals surface area (Å²) < 4.78 is 0. The summed E-state index contributed by atoms with van der Waals surface area (Å²) in [6, 6.07) is 8.54. The number of hydrogen-bond donors (Lipinski definition) is 3. The van der Waals surface area contributed by atoms with Crippen LogP contribution >= 0.6 is 11.6 Å². The van der Waals surface area contributed by atoms with Crippen LogP contribution in [0.5, 0.6) is 5.88 Å². The maximum absolute atomic E-state index is 11.4. The molecule has 18 heavy (non-hydrogen) atoms. The minimum Gasteiger partial charge on any atom is -0.494 e. The number of nitrogens with zero attached hydrogens (tertiary/aromatic N) is 1. The molecule has 1 aromatic heterocycles. The predicted molar refractivity (Wildman–Crippen MR) is 67.3 cm³/mol. The van der Waals surface area contributed by atoms with Gasteiger partial charge in [-0.25, -0.2) is 5.10 Å². The van der Waals surface area contributed by atoms with E-state index < -0.39 is 11.8 Å². The molecule has 0 bridgehead atoms. The predicted octanol–water partition coefficient (Wildman–Crippen LogP) is 1.58. The lowest BCUT2D eigenvalue weighted by Gasteiger charge is -2.10. The van der Waals surface area contributed by atoms with E-state index in [0.29, 0.717) is 17.1 Å². The molecule has 0 fully saturated rings. The number of rotatable bonds is 4. The quantitative estimate of drug-likeness (QED) is 0.784. The van der Waals surface area contributed by atoms with Crippen LogP contribution < -0.4 is 5.73 Å². The molecule has 0 spiro atoms. The smallest absolute Gasteiger partial charge is 0.226 e. The average molecular weight is 266 g/mol. The van der Waals surface area contributed by atoms with Crippen molar-refractivity contribution in [2.75, 3.05) is 0 Å². The minimum atomic E-state index is -0.580. The average Bonchev–Trinajstić information content (AvgIpc) is 2.74. The highest BCUT2D eigenvalue weighted by Gasteiger charge is 2.21. The van der Waals surface area contributed by atoms with Gasteiger partial charge in [0.05, 0.1) is 11.6 Å². The SMILES string of the molecule is NC(=O)C(Cc1ccc(Cl)cc1)c1cc(O)[nH]n1. The Morgan fingerprint density at radius 2 is 2.11 bits per heavy atom. The van der Waals surface area contributed by atoms with Crippen LogP contribution in [0, 0.1) is 0 Å². The van der Waals surface area contributed by atoms with Gasteiger partial charge in [-0.2, -0.15) is 5.10 Å². The van der Waals surface area contributed by atoms with E-state index in [1.165, 1.54) is 6.07 Å². The number of benzene rings is 1. The lowest BCUT2D eigenvalue weighted by atomic mass is 9.96. The summed E-state index contributed by atoms with van der Waals surface area (Å²) in [5.41, 5.74) is 6.70. The molecular formula is C12H12ClN3O2. The molecule has 0 aliphatic heterocycles. The highest BCUT2D eigenvalue weighted by Crippen LogP contribution is 2.22. The molecule has 1 heterocycles. The van der Waals surface area contributed by atoms with Crippen molar-refractivity contribution in [2.24, 2.45) is 5.73 Å². The number of primary amides is 1. The second-order valence-electron chi connectivity index (χ2n) is 3.96. The topological polar surface area (TPSA) is 92.0 Å². The Balaban J connectivity index is 2.22. The van der Waals surface area contributed by atoms with Crippen LogP contribution in [0.3, 0.4) is 0 Å². The van der Waals surface area contributed by atoms with Crippen molar-refractivity contribution in [3.63, 3.8) is 0 Å². The zero-order chi connectivity index (χ0) is 13.1. The number of carbonyl (C=O) groups is 1. The fraction of sp³-hybridized carbons (Fsp3) is 0.167. The van der Waals surface area contributed by atoms with Gasteiger partial charge >= 0.3 is 0 Å². The Bertz CT molecular complexity index is 551. The summed E-state index contributed by atoms with van der Waals surface area (Å²) in [4.78, 5) is 11.4. The van der Waals surface area contributed by atoms with Crippen molar-refractivity contribution in [3.8, 4) is 5.88 Å². The molecular weight excluding hydrogens is 254 g/mol. The number of aromatic hydroxyl groups is 1. The van der Waals surface area contributed by atoms with Crippen molar-refractivity contribution in [2.45, 2.75) is 12.3 Å². The number of aromatic nitrogens is 2. The summed E-state index contributed by atoms with van der Waals surface area (Å²) in [7, 11) is 0. The number of nitrogens with one attached hydrogen (secondary N) is 1. The normalized spacial score (nSPS) is 12.3. The first-order valence-electron chi connectivity index (χ1n) is 5.34. The molecule has 6 heteroatoms. The first-order valence-corrected chi connectivity index (χ1v) is 5.72. The second-order valence-corrected chi connectivity index (χ2v) is 4.40. The molecule has 94 valence electrons. The van der Waals surface area contributed by atoms with E-state index >= 15 is 0 Å². The lowest BCUT2D eigenvalue weighted by Crippen LogP contribution is -2.23. The maximum atomic E-state index is 11.4. The van der Waals surface area contributed by atoms with Crippen molar-refractivity contribution in [1.29, 1.82) is 0 Å². The van der Waals surface area contributed by atoms with E-state index in [1.807, 2.05) is 12.1 Å². The molecule has 2 rings (SSSR count). The molecule has 2 aromatic rings. The van der Waals surface area contributed by atoms with Gasteiger partial charge in [0.25, 0.3) is 0 Å².